The van der Waals surface area contributed by atoms with E-state index >= 15 is 0 Å². The monoisotopic (exact) mass is 310 g/mol. The highest BCUT2D eigenvalue weighted by molar-refractivity contribution is 6.34. The zero-order valence-electron chi connectivity index (χ0n) is 11.4. The van der Waals surface area contributed by atoms with Crippen LogP contribution in [0, 0.1) is 0 Å². The van der Waals surface area contributed by atoms with Crippen molar-refractivity contribution in [2.24, 2.45) is 0 Å². The number of halogens is 1. The van der Waals surface area contributed by atoms with E-state index in [0.717, 1.165) is 0 Å². The van der Waals surface area contributed by atoms with Gasteiger partial charge in [0.2, 0.25) is 0 Å². The number of rotatable bonds is 5. The largest absolute Gasteiger partial charge is 0.466 e. The molecule has 2 rings (SSSR count). The third-order valence-corrected chi connectivity index (χ3v) is 3.30. The summed E-state index contributed by atoms with van der Waals surface area (Å²) < 4.78 is 4.74. The number of benzene rings is 1. The molecule has 0 bridgehead atoms. The molecule has 0 aliphatic heterocycles. The molecule has 6 nitrogen and oxygen atoms in total. The summed E-state index contributed by atoms with van der Waals surface area (Å²) in [6.07, 6.45) is -1.43. The Hall–Kier alpha value is -1.76. The smallest absolute Gasteiger partial charge is 0.308 e. The van der Waals surface area contributed by atoms with Crippen molar-refractivity contribution in [1.29, 1.82) is 0 Å². The quantitative estimate of drug-likeness (QED) is 0.644. The Balaban J connectivity index is 2.20. The molecule has 0 amide bonds. The number of fused-ring (bicyclic) bond motifs is 1. The van der Waals surface area contributed by atoms with E-state index in [1.165, 1.54) is 6.33 Å². The number of hydrogen-bond acceptors (Lipinski definition) is 6. The van der Waals surface area contributed by atoms with Crippen LogP contribution in [-0.2, 0) is 9.53 Å². The number of aliphatic hydroxyl groups is 2. The predicted molar refractivity (Wildman–Crippen MR) is 76.8 cm³/mol. The first-order valence-electron chi connectivity index (χ1n) is 6.44. The van der Waals surface area contributed by atoms with Crippen LogP contribution in [0.1, 0.15) is 25.0 Å². The average Bonchev–Trinajstić information content (AvgIpc) is 2.46. The molecule has 0 radical (unpaired) electrons. The maximum Gasteiger partial charge on any atom is 0.308 e. The number of nitrogens with zero attached hydrogens (tertiary/aromatic N) is 2. The molecule has 0 fully saturated rings. The third kappa shape index (κ3) is 3.66. The van der Waals surface area contributed by atoms with Crippen LogP contribution in [-0.4, -0.2) is 38.9 Å². The second-order valence-corrected chi connectivity index (χ2v) is 4.82. The average molecular weight is 311 g/mol. The molecule has 1 aromatic carbocycles. The Morgan fingerprint density at radius 2 is 2.14 bits per heavy atom. The van der Waals surface area contributed by atoms with E-state index in [4.69, 9.17) is 16.3 Å². The van der Waals surface area contributed by atoms with Crippen LogP contribution < -0.4 is 0 Å². The predicted octanol–water partition coefficient (Wildman–Crippen LogP) is 1.63. The maximum absolute atomic E-state index is 11.3. The summed E-state index contributed by atoms with van der Waals surface area (Å²) in [5.41, 5.74) is 1.06. The summed E-state index contributed by atoms with van der Waals surface area (Å²) in [5, 5.41) is 20.8. The minimum absolute atomic E-state index is 0.227. The number of ether oxygens (including phenoxy) is 1. The van der Waals surface area contributed by atoms with E-state index < -0.39 is 18.2 Å². The molecule has 21 heavy (non-hydrogen) atoms. The van der Waals surface area contributed by atoms with Crippen molar-refractivity contribution in [3.05, 3.63) is 35.2 Å². The van der Waals surface area contributed by atoms with Gasteiger partial charge in [0, 0.05) is 5.39 Å². The van der Waals surface area contributed by atoms with E-state index in [9.17, 15) is 15.0 Å². The minimum atomic E-state index is -1.26. The SMILES string of the molecule is CCOC(=O)CC(O)C(O)c1ccc2ncnc(Cl)c2c1. The third-order valence-electron chi connectivity index (χ3n) is 3.00. The van der Waals surface area contributed by atoms with Gasteiger partial charge in [-0.25, -0.2) is 9.97 Å². The number of aliphatic hydroxyl groups excluding tert-OH is 2. The van der Waals surface area contributed by atoms with Crippen molar-refractivity contribution < 1.29 is 19.7 Å². The Morgan fingerprint density at radius 1 is 1.38 bits per heavy atom. The fourth-order valence-electron chi connectivity index (χ4n) is 1.95. The van der Waals surface area contributed by atoms with Gasteiger partial charge in [0.05, 0.1) is 24.6 Å². The molecule has 0 aliphatic carbocycles. The molecule has 2 atom stereocenters. The van der Waals surface area contributed by atoms with Crippen molar-refractivity contribution in [3.63, 3.8) is 0 Å². The van der Waals surface area contributed by atoms with Crippen molar-refractivity contribution in [3.8, 4) is 0 Å². The highest BCUT2D eigenvalue weighted by Gasteiger charge is 2.22. The van der Waals surface area contributed by atoms with Gasteiger partial charge in [-0.2, -0.15) is 0 Å². The summed E-state index contributed by atoms with van der Waals surface area (Å²) in [5.74, 6) is -0.564. The second-order valence-electron chi connectivity index (χ2n) is 4.46. The molecule has 1 aromatic heterocycles. The van der Waals surface area contributed by atoms with Gasteiger partial charge in [-0.1, -0.05) is 17.7 Å². The highest BCUT2D eigenvalue weighted by atomic mass is 35.5. The molecular formula is C14H15ClN2O4. The van der Waals surface area contributed by atoms with Gasteiger partial charge in [0.15, 0.2) is 0 Å². The molecule has 0 spiro atoms. The van der Waals surface area contributed by atoms with Gasteiger partial charge in [-0.05, 0) is 24.6 Å². The van der Waals surface area contributed by atoms with Gasteiger partial charge in [0.1, 0.15) is 17.6 Å². The van der Waals surface area contributed by atoms with Gasteiger partial charge < -0.3 is 14.9 Å². The summed E-state index contributed by atoms with van der Waals surface area (Å²) in [7, 11) is 0. The number of aromatic nitrogens is 2. The van der Waals surface area contributed by atoms with Crippen molar-refractivity contribution in [2.45, 2.75) is 25.6 Å². The lowest BCUT2D eigenvalue weighted by Gasteiger charge is -2.17. The Labute approximate surface area is 126 Å². The van der Waals surface area contributed by atoms with Crippen molar-refractivity contribution in [1.82, 2.24) is 9.97 Å². The van der Waals surface area contributed by atoms with Gasteiger partial charge in [0.25, 0.3) is 0 Å². The first-order valence-corrected chi connectivity index (χ1v) is 6.82. The first kappa shape index (κ1) is 15.6. The fourth-order valence-corrected chi connectivity index (χ4v) is 2.15. The van der Waals surface area contributed by atoms with Crippen LogP contribution in [0.3, 0.4) is 0 Å². The molecule has 0 saturated carbocycles. The molecule has 0 aliphatic rings. The van der Waals surface area contributed by atoms with Crippen molar-refractivity contribution in [2.75, 3.05) is 6.61 Å². The number of carbonyl (C=O) groups excluding carboxylic acids is 1. The van der Waals surface area contributed by atoms with Crippen LogP contribution >= 0.6 is 11.6 Å². The fraction of sp³-hybridized carbons (Fsp3) is 0.357. The molecule has 2 N–H and O–H groups in total. The number of carbonyl (C=O) groups is 1. The summed E-state index contributed by atoms with van der Waals surface area (Å²) >= 11 is 5.97. The minimum Gasteiger partial charge on any atom is -0.466 e. The zero-order valence-corrected chi connectivity index (χ0v) is 12.1. The van der Waals surface area contributed by atoms with E-state index in [1.807, 2.05) is 0 Å². The van der Waals surface area contributed by atoms with Crippen LogP contribution in [0.15, 0.2) is 24.5 Å². The Kier molecular flexibility index (Phi) is 5.06. The van der Waals surface area contributed by atoms with E-state index in [0.29, 0.717) is 16.5 Å². The highest BCUT2D eigenvalue weighted by Crippen LogP contribution is 2.26. The number of hydrogen-bond donors (Lipinski definition) is 2. The van der Waals surface area contributed by atoms with E-state index in [2.05, 4.69) is 9.97 Å². The summed E-state index contributed by atoms with van der Waals surface area (Å²) in [6, 6.07) is 4.87. The van der Waals surface area contributed by atoms with E-state index in [-0.39, 0.29) is 18.2 Å². The topological polar surface area (TPSA) is 92.5 Å². The lowest BCUT2D eigenvalue weighted by Crippen LogP contribution is -2.23. The molecule has 1 heterocycles. The van der Waals surface area contributed by atoms with Gasteiger partial charge >= 0.3 is 5.97 Å². The van der Waals surface area contributed by atoms with Crippen molar-refractivity contribution >= 4 is 28.5 Å². The molecule has 7 heteroatoms. The lowest BCUT2D eigenvalue weighted by atomic mass is 10.0. The molecule has 112 valence electrons. The molecule has 0 saturated heterocycles. The standard InChI is InChI=1S/C14H15ClN2O4/c1-2-21-12(19)6-11(18)13(20)8-3-4-10-9(5-8)14(15)17-7-16-10/h3-5,7,11,13,18,20H,2,6H2,1H3. The lowest BCUT2D eigenvalue weighted by molar-refractivity contribution is -0.147. The summed E-state index contributed by atoms with van der Waals surface area (Å²) in [6.45, 7) is 1.90. The van der Waals surface area contributed by atoms with Crippen LogP contribution in [0.2, 0.25) is 5.15 Å². The van der Waals surface area contributed by atoms with Crippen LogP contribution in [0.5, 0.6) is 0 Å². The first-order chi connectivity index (χ1) is 10.0. The normalized spacial score (nSPS) is 13.9. The molecule has 2 aromatic rings. The number of esters is 1. The summed E-state index contributed by atoms with van der Waals surface area (Å²) in [4.78, 5) is 19.2. The van der Waals surface area contributed by atoms with Crippen LogP contribution in [0.25, 0.3) is 10.9 Å². The Morgan fingerprint density at radius 3 is 2.86 bits per heavy atom. The maximum atomic E-state index is 11.3. The van der Waals surface area contributed by atoms with E-state index in [1.54, 1.807) is 25.1 Å². The van der Waals surface area contributed by atoms with Gasteiger partial charge in [-0.3, -0.25) is 4.79 Å². The molecule has 2 unspecified atom stereocenters. The van der Waals surface area contributed by atoms with Gasteiger partial charge in [-0.15, -0.1) is 0 Å². The Bertz CT molecular complexity index is 650. The zero-order chi connectivity index (χ0) is 15.4. The second kappa shape index (κ2) is 6.80. The van der Waals surface area contributed by atoms with Crippen LogP contribution in [0.4, 0.5) is 0 Å². The molecular weight excluding hydrogens is 296 g/mol.